The van der Waals surface area contributed by atoms with E-state index in [1.807, 2.05) is 54.6 Å². The van der Waals surface area contributed by atoms with E-state index in [0.717, 1.165) is 5.56 Å². The van der Waals surface area contributed by atoms with E-state index in [4.69, 9.17) is 9.26 Å². The molecule has 1 fully saturated rings. The maximum absolute atomic E-state index is 12.3. The summed E-state index contributed by atoms with van der Waals surface area (Å²) in [4.78, 5) is 26.7. The molecule has 1 aliphatic heterocycles. The van der Waals surface area contributed by atoms with Gasteiger partial charge in [0.15, 0.2) is 0 Å². The van der Waals surface area contributed by atoms with Gasteiger partial charge in [-0.05, 0) is 17.7 Å². The van der Waals surface area contributed by atoms with Crippen molar-refractivity contribution in [3.8, 4) is 28.7 Å². The first-order valence-corrected chi connectivity index (χ1v) is 10.2. The quantitative estimate of drug-likeness (QED) is 0.503. The lowest BCUT2D eigenvalue weighted by Crippen LogP contribution is -2.58. The summed E-state index contributed by atoms with van der Waals surface area (Å²) in [5.41, 5.74) is 2.27. The molecule has 9 heteroatoms. The molecular formula is C23H20N6O3. The highest BCUT2D eigenvalue weighted by Crippen LogP contribution is 2.31. The van der Waals surface area contributed by atoms with Crippen molar-refractivity contribution < 1.29 is 14.1 Å². The van der Waals surface area contributed by atoms with Gasteiger partial charge in [0.05, 0.1) is 24.8 Å². The van der Waals surface area contributed by atoms with Gasteiger partial charge >= 0.3 is 6.03 Å². The van der Waals surface area contributed by atoms with Crippen LogP contribution in [0.4, 0.5) is 4.79 Å². The van der Waals surface area contributed by atoms with Crippen molar-refractivity contribution in [1.29, 1.82) is 0 Å². The molecule has 0 radical (unpaired) electrons. The van der Waals surface area contributed by atoms with E-state index in [1.54, 1.807) is 23.5 Å². The highest BCUT2D eigenvalue weighted by molar-refractivity contribution is 5.75. The molecule has 0 unspecified atom stereocenters. The number of ether oxygens (including phenoxy) is 1. The molecule has 3 heterocycles. The maximum atomic E-state index is 12.3. The summed E-state index contributed by atoms with van der Waals surface area (Å²) in [6.45, 7) is 1.50. The number of aromatic nitrogens is 4. The Balaban J connectivity index is 1.20. The van der Waals surface area contributed by atoms with Crippen LogP contribution in [0.25, 0.3) is 23.0 Å². The molecule has 0 atom stereocenters. The van der Waals surface area contributed by atoms with E-state index in [1.165, 1.54) is 0 Å². The summed E-state index contributed by atoms with van der Waals surface area (Å²) in [5, 5.41) is 6.92. The van der Waals surface area contributed by atoms with Crippen molar-refractivity contribution in [1.82, 2.24) is 30.3 Å². The van der Waals surface area contributed by atoms with Crippen molar-refractivity contribution in [3.05, 3.63) is 78.8 Å². The molecule has 0 spiro atoms. The molecule has 9 nitrogen and oxygen atoms in total. The van der Waals surface area contributed by atoms with Gasteiger partial charge in [-0.25, -0.2) is 9.78 Å². The van der Waals surface area contributed by atoms with Gasteiger partial charge in [0, 0.05) is 18.9 Å². The molecule has 2 amide bonds. The van der Waals surface area contributed by atoms with Crippen molar-refractivity contribution in [2.24, 2.45) is 0 Å². The van der Waals surface area contributed by atoms with Gasteiger partial charge < -0.3 is 19.5 Å². The van der Waals surface area contributed by atoms with E-state index in [-0.39, 0.29) is 12.1 Å². The fourth-order valence-electron chi connectivity index (χ4n) is 3.34. The van der Waals surface area contributed by atoms with Gasteiger partial charge in [-0.2, -0.15) is 4.98 Å². The molecule has 5 rings (SSSR count). The topological polar surface area (TPSA) is 106 Å². The van der Waals surface area contributed by atoms with Crippen LogP contribution in [0, 0.1) is 0 Å². The zero-order valence-electron chi connectivity index (χ0n) is 17.1. The van der Waals surface area contributed by atoms with Crippen LogP contribution in [0.1, 0.15) is 5.56 Å². The number of hydrogen-bond acceptors (Lipinski definition) is 7. The van der Waals surface area contributed by atoms with Crippen molar-refractivity contribution in [2.45, 2.75) is 12.6 Å². The Morgan fingerprint density at radius 2 is 1.91 bits per heavy atom. The SMILES string of the molecule is O=C(NCc1ccccc1)N1CC(Oc2ccccc2-c2nc(-c3cnccn3)no2)C1. The van der Waals surface area contributed by atoms with E-state index < -0.39 is 0 Å². The first kappa shape index (κ1) is 19.7. The minimum absolute atomic E-state index is 0.104. The maximum Gasteiger partial charge on any atom is 0.317 e. The Morgan fingerprint density at radius 3 is 2.72 bits per heavy atom. The Morgan fingerprint density at radius 1 is 1.09 bits per heavy atom. The molecule has 0 aliphatic carbocycles. The average molecular weight is 428 g/mol. The third-order valence-corrected chi connectivity index (χ3v) is 5.05. The molecule has 1 aliphatic rings. The smallest absolute Gasteiger partial charge is 0.317 e. The fraction of sp³-hybridized carbons (Fsp3) is 0.174. The van der Waals surface area contributed by atoms with Crippen LogP contribution in [0.15, 0.2) is 77.7 Å². The van der Waals surface area contributed by atoms with Gasteiger partial charge in [0.25, 0.3) is 5.89 Å². The van der Waals surface area contributed by atoms with Crippen LogP contribution in [0.2, 0.25) is 0 Å². The summed E-state index contributed by atoms with van der Waals surface area (Å²) < 4.78 is 11.5. The summed E-state index contributed by atoms with van der Waals surface area (Å²) in [6, 6.07) is 17.2. The highest BCUT2D eigenvalue weighted by atomic mass is 16.5. The van der Waals surface area contributed by atoms with Gasteiger partial charge in [0.2, 0.25) is 5.82 Å². The molecule has 0 bridgehead atoms. The second-order valence-electron chi connectivity index (χ2n) is 7.30. The zero-order chi connectivity index (χ0) is 21.8. The molecule has 160 valence electrons. The molecule has 0 saturated carbocycles. The Kier molecular flexibility index (Phi) is 5.44. The summed E-state index contributed by atoms with van der Waals surface area (Å²) >= 11 is 0. The predicted octanol–water partition coefficient (Wildman–Crippen LogP) is 3.17. The van der Waals surface area contributed by atoms with Crippen molar-refractivity contribution in [3.63, 3.8) is 0 Å². The predicted molar refractivity (Wildman–Crippen MR) is 115 cm³/mol. The third kappa shape index (κ3) is 4.27. The zero-order valence-corrected chi connectivity index (χ0v) is 17.1. The number of para-hydroxylation sites is 1. The van der Waals surface area contributed by atoms with Crippen LogP contribution in [0.5, 0.6) is 5.75 Å². The number of nitrogens with one attached hydrogen (secondary N) is 1. The van der Waals surface area contributed by atoms with E-state index in [9.17, 15) is 4.79 Å². The lowest BCUT2D eigenvalue weighted by Gasteiger charge is -2.39. The minimum Gasteiger partial charge on any atom is -0.486 e. The van der Waals surface area contributed by atoms with Crippen LogP contribution in [-0.4, -0.2) is 50.2 Å². The van der Waals surface area contributed by atoms with Crippen LogP contribution in [0.3, 0.4) is 0 Å². The highest BCUT2D eigenvalue weighted by Gasteiger charge is 2.33. The lowest BCUT2D eigenvalue weighted by molar-refractivity contribution is 0.0446. The largest absolute Gasteiger partial charge is 0.486 e. The van der Waals surface area contributed by atoms with E-state index >= 15 is 0 Å². The second kappa shape index (κ2) is 8.84. The molecule has 32 heavy (non-hydrogen) atoms. The summed E-state index contributed by atoms with van der Waals surface area (Å²) in [5.74, 6) is 1.31. The average Bonchev–Trinajstić information content (AvgIpc) is 3.31. The van der Waals surface area contributed by atoms with Gasteiger partial charge in [-0.1, -0.05) is 47.6 Å². The minimum atomic E-state index is -0.110. The van der Waals surface area contributed by atoms with Crippen LogP contribution in [-0.2, 0) is 6.54 Å². The fourth-order valence-corrected chi connectivity index (χ4v) is 3.34. The molecular weight excluding hydrogens is 408 g/mol. The molecule has 1 N–H and O–H groups in total. The van der Waals surface area contributed by atoms with Crippen LogP contribution >= 0.6 is 0 Å². The monoisotopic (exact) mass is 428 g/mol. The number of carbonyl (C=O) groups is 1. The number of benzene rings is 2. The standard InChI is InChI=1S/C23H20N6O3/c30-23(26-12-16-6-2-1-3-7-16)29-14-17(15-29)31-20-9-5-4-8-18(20)22-27-21(28-32-22)19-13-24-10-11-25-19/h1-11,13,17H,12,14-15H2,(H,26,30). The summed E-state index contributed by atoms with van der Waals surface area (Å²) in [7, 11) is 0. The van der Waals surface area contributed by atoms with Crippen molar-refractivity contribution >= 4 is 6.03 Å². The number of nitrogens with zero attached hydrogens (tertiary/aromatic N) is 5. The first-order chi connectivity index (χ1) is 15.8. The number of carbonyl (C=O) groups excluding carboxylic acids is 1. The number of urea groups is 1. The number of rotatable bonds is 6. The van der Waals surface area contributed by atoms with E-state index in [0.29, 0.717) is 48.4 Å². The first-order valence-electron chi connectivity index (χ1n) is 10.2. The molecule has 4 aromatic rings. The summed E-state index contributed by atoms with van der Waals surface area (Å²) in [6.07, 6.45) is 4.61. The number of likely N-dealkylation sites (tertiary alicyclic amines) is 1. The van der Waals surface area contributed by atoms with Crippen LogP contribution < -0.4 is 10.1 Å². The van der Waals surface area contributed by atoms with Crippen molar-refractivity contribution in [2.75, 3.05) is 13.1 Å². The van der Waals surface area contributed by atoms with Gasteiger partial charge in [0.1, 0.15) is 17.5 Å². The van der Waals surface area contributed by atoms with Gasteiger partial charge in [-0.15, -0.1) is 0 Å². The normalized spacial score (nSPS) is 13.4. The molecule has 2 aromatic heterocycles. The molecule has 2 aromatic carbocycles. The van der Waals surface area contributed by atoms with Gasteiger partial charge in [-0.3, -0.25) is 4.98 Å². The Hall–Kier alpha value is -4.27. The second-order valence-corrected chi connectivity index (χ2v) is 7.30. The third-order valence-electron chi connectivity index (χ3n) is 5.05. The Bertz CT molecular complexity index is 1190. The molecule has 1 saturated heterocycles. The van der Waals surface area contributed by atoms with E-state index in [2.05, 4.69) is 25.4 Å². The lowest BCUT2D eigenvalue weighted by atomic mass is 10.1. The number of amides is 2. The number of hydrogen-bond donors (Lipinski definition) is 1. The Labute approximate surface area is 184 Å².